The van der Waals surface area contributed by atoms with Gasteiger partial charge in [0.1, 0.15) is 6.54 Å². The summed E-state index contributed by atoms with van der Waals surface area (Å²) in [7, 11) is 3.56. The number of carbonyl (C=O) groups is 1. The molecule has 1 aliphatic heterocycles. The number of halogens is 1. The number of nitrogens with one attached hydrogen (secondary N) is 1. The normalized spacial score (nSPS) is 24.0. The van der Waals surface area contributed by atoms with Gasteiger partial charge < -0.3 is 15.1 Å². The predicted molar refractivity (Wildman–Crippen MR) is 110 cm³/mol. The molecule has 1 amide bonds. The van der Waals surface area contributed by atoms with Crippen LogP contribution in [0.1, 0.15) is 25.7 Å². The van der Waals surface area contributed by atoms with Gasteiger partial charge in [0.2, 0.25) is 5.91 Å². The molecule has 2 rings (SSSR count). The van der Waals surface area contributed by atoms with Crippen LogP contribution in [-0.4, -0.2) is 73.9 Å². The molecule has 5 nitrogen and oxygen atoms in total. The van der Waals surface area contributed by atoms with E-state index in [1.807, 2.05) is 11.8 Å². The molecule has 2 atom stereocenters. The number of fused-ring (bicyclic) bond motifs is 1. The molecule has 1 saturated carbocycles. The van der Waals surface area contributed by atoms with Gasteiger partial charge in [0, 0.05) is 39.5 Å². The van der Waals surface area contributed by atoms with Crippen LogP contribution < -0.4 is 5.32 Å². The van der Waals surface area contributed by atoms with E-state index in [2.05, 4.69) is 21.5 Å². The highest BCUT2D eigenvalue weighted by Gasteiger charge is 2.35. The SMILES string of the molecule is CSCCNC(=NCC(=O)N(C)C)N1CC2CCCCC2C1.I. The van der Waals surface area contributed by atoms with E-state index < -0.39 is 0 Å². The fraction of sp³-hybridized carbons (Fsp3) is 0.875. The summed E-state index contributed by atoms with van der Waals surface area (Å²) in [6.07, 6.45) is 7.57. The first-order valence-corrected chi connectivity index (χ1v) is 9.73. The average molecular weight is 454 g/mol. The molecule has 2 unspecified atom stereocenters. The number of thioether (sulfide) groups is 1. The fourth-order valence-corrected chi connectivity index (χ4v) is 3.70. The third-order valence-corrected chi connectivity index (χ3v) is 5.34. The maximum atomic E-state index is 11.8. The zero-order valence-electron chi connectivity index (χ0n) is 14.6. The lowest BCUT2D eigenvalue weighted by atomic mass is 9.82. The third kappa shape index (κ3) is 6.32. The number of rotatable bonds is 5. The van der Waals surface area contributed by atoms with Crippen LogP contribution in [-0.2, 0) is 4.79 Å². The number of nitrogens with zero attached hydrogens (tertiary/aromatic N) is 3. The molecule has 7 heteroatoms. The van der Waals surface area contributed by atoms with Crippen molar-refractivity contribution in [2.75, 3.05) is 52.3 Å². The summed E-state index contributed by atoms with van der Waals surface area (Å²) in [6, 6.07) is 0. The van der Waals surface area contributed by atoms with Crippen LogP contribution in [0.2, 0.25) is 0 Å². The molecule has 0 aromatic carbocycles. The monoisotopic (exact) mass is 454 g/mol. The van der Waals surface area contributed by atoms with Gasteiger partial charge in [0.15, 0.2) is 5.96 Å². The van der Waals surface area contributed by atoms with Gasteiger partial charge in [-0.15, -0.1) is 24.0 Å². The molecule has 1 aliphatic carbocycles. The number of hydrogen-bond acceptors (Lipinski definition) is 3. The number of likely N-dealkylation sites (tertiary alicyclic amines) is 1. The van der Waals surface area contributed by atoms with Crippen molar-refractivity contribution in [3.05, 3.63) is 0 Å². The van der Waals surface area contributed by atoms with Crippen molar-refractivity contribution in [2.24, 2.45) is 16.8 Å². The van der Waals surface area contributed by atoms with Crippen LogP contribution in [0.4, 0.5) is 0 Å². The molecule has 2 fully saturated rings. The summed E-state index contributed by atoms with van der Waals surface area (Å²) >= 11 is 1.82. The highest BCUT2D eigenvalue weighted by molar-refractivity contribution is 14.0. The number of guanidine groups is 1. The molecule has 23 heavy (non-hydrogen) atoms. The Morgan fingerprint density at radius 3 is 2.39 bits per heavy atom. The zero-order valence-corrected chi connectivity index (χ0v) is 17.7. The van der Waals surface area contributed by atoms with E-state index in [4.69, 9.17) is 0 Å². The predicted octanol–water partition coefficient (Wildman–Crippen LogP) is 2.12. The number of likely N-dealkylation sites (N-methyl/N-ethyl adjacent to an activating group) is 1. The molecule has 1 saturated heterocycles. The molecular formula is C16H31IN4OS. The van der Waals surface area contributed by atoms with Gasteiger partial charge in [0.25, 0.3) is 0 Å². The van der Waals surface area contributed by atoms with Gasteiger partial charge in [-0.05, 0) is 30.9 Å². The average Bonchev–Trinajstić information content (AvgIpc) is 2.94. The largest absolute Gasteiger partial charge is 0.355 e. The first-order chi connectivity index (χ1) is 10.6. The van der Waals surface area contributed by atoms with Crippen molar-refractivity contribution < 1.29 is 4.79 Å². The molecular weight excluding hydrogens is 423 g/mol. The Labute approximate surface area is 162 Å². The Morgan fingerprint density at radius 1 is 1.26 bits per heavy atom. The van der Waals surface area contributed by atoms with Gasteiger partial charge in [-0.1, -0.05) is 12.8 Å². The van der Waals surface area contributed by atoms with Crippen molar-refractivity contribution >= 4 is 47.6 Å². The van der Waals surface area contributed by atoms with Gasteiger partial charge in [-0.2, -0.15) is 11.8 Å². The first kappa shape index (κ1) is 20.9. The molecule has 2 aliphatic rings. The number of hydrogen-bond donors (Lipinski definition) is 1. The maximum Gasteiger partial charge on any atom is 0.243 e. The van der Waals surface area contributed by atoms with Gasteiger partial charge in [0.05, 0.1) is 0 Å². The van der Waals surface area contributed by atoms with Crippen molar-refractivity contribution in [1.29, 1.82) is 0 Å². The summed E-state index contributed by atoms with van der Waals surface area (Å²) in [5.41, 5.74) is 0. The van der Waals surface area contributed by atoms with E-state index in [1.54, 1.807) is 19.0 Å². The minimum absolute atomic E-state index is 0. The molecule has 1 N–H and O–H groups in total. The van der Waals surface area contributed by atoms with Crippen LogP contribution in [0.15, 0.2) is 4.99 Å². The lowest BCUT2D eigenvalue weighted by Crippen LogP contribution is -2.42. The van der Waals surface area contributed by atoms with Crippen molar-refractivity contribution in [3.63, 3.8) is 0 Å². The number of amides is 1. The van der Waals surface area contributed by atoms with Crippen LogP contribution >= 0.6 is 35.7 Å². The Kier molecular flexibility index (Phi) is 9.65. The molecule has 134 valence electrons. The maximum absolute atomic E-state index is 11.8. The van der Waals surface area contributed by atoms with Gasteiger partial charge in [-0.25, -0.2) is 4.99 Å². The van der Waals surface area contributed by atoms with Crippen LogP contribution in [0.3, 0.4) is 0 Å². The number of aliphatic imine (C=N–C) groups is 1. The highest BCUT2D eigenvalue weighted by atomic mass is 127. The van der Waals surface area contributed by atoms with E-state index in [9.17, 15) is 4.79 Å². The van der Waals surface area contributed by atoms with Gasteiger partial charge >= 0.3 is 0 Å². The molecule has 0 bridgehead atoms. The Bertz CT molecular complexity index is 392. The summed E-state index contributed by atoms with van der Waals surface area (Å²) in [5, 5.41) is 3.45. The van der Waals surface area contributed by atoms with Crippen LogP contribution in [0.5, 0.6) is 0 Å². The first-order valence-electron chi connectivity index (χ1n) is 8.34. The third-order valence-electron chi connectivity index (χ3n) is 4.73. The lowest BCUT2D eigenvalue weighted by molar-refractivity contribution is -0.127. The minimum Gasteiger partial charge on any atom is -0.355 e. The quantitative estimate of drug-likeness (QED) is 0.299. The van der Waals surface area contributed by atoms with E-state index in [1.165, 1.54) is 25.7 Å². The van der Waals surface area contributed by atoms with Crippen molar-refractivity contribution in [2.45, 2.75) is 25.7 Å². The summed E-state index contributed by atoms with van der Waals surface area (Å²) in [4.78, 5) is 20.4. The van der Waals surface area contributed by atoms with Crippen LogP contribution in [0.25, 0.3) is 0 Å². The molecule has 1 heterocycles. The molecule has 0 aromatic rings. The van der Waals surface area contributed by atoms with Crippen LogP contribution in [0, 0.1) is 11.8 Å². The highest BCUT2D eigenvalue weighted by Crippen LogP contribution is 2.35. The minimum atomic E-state index is 0. The second kappa shape index (κ2) is 10.6. The summed E-state index contributed by atoms with van der Waals surface area (Å²) in [6.45, 7) is 3.35. The van der Waals surface area contributed by atoms with Crippen molar-refractivity contribution in [3.8, 4) is 0 Å². The van der Waals surface area contributed by atoms with E-state index in [0.717, 1.165) is 43.2 Å². The lowest BCUT2D eigenvalue weighted by Gasteiger charge is -2.22. The fourth-order valence-electron chi connectivity index (χ4n) is 3.40. The van der Waals surface area contributed by atoms with E-state index >= 15 is 0 Å². The summed E-state index contributed by atoms with van der Waals surface area (Å²) < 4.78 is 0. The second-order valence-electron chi connectivity index (χ2n) is 6.56. The molecule has 0 radical (unpaired) electrons. The summed E-state index contributed by atoms with van der Waals surface area (Å²) in [5.74, 6) is 3.69. The van der Waals surface area contributed by atoms with E-state index in [0.29, 0.717) is 0 Å². The standard InChI is InChI=1S/C16H30N4OS.HI/c1-19(2)15(21)10-18-16(17-8-9-22-3)20-11-13-6-4-5-7-14(13)12-20;/h13-14H,4-12H2,1-3H3,(H,17,18);1H. The molecule has 0 aromatic heterocycles. The Morgan fingerprint density at radius 2 is 1.87 bits per heavy atom. The number of carbonyl (C=O) groups excluding carboxylic acids is 1. The van der Waals surface area contributed by atoms with Gasteiger partial charge in [-0.3, -0.25) is 4.79 Å². The molecule has 0 spiro atoms. The smallest absolute Gasteiger partial charge is 0.243 e. The van der Waals surface area contributed by atoms with Crippen molar-refractivity contribution in [1.82, 2.24) is 15.1 Å². The topological polar surface area (TPSA) is 47.9 Å². The second-order valence-corrected chi connectivity index (χ2v) is 7.54. The zero-order chi connectivity index (χ0) is 15.9. The Balaban J connectivity index is 0.00000264. The Hall–Kier alpha value is -0.180. The van der Waals surface area contributed by atoms with E-state index in [-0.39, 0.29) is 36.4 Å².